The first-order valence-electron chi connectivity index (χ1n) is 3.77. The molecule has 1 unspecified atom stereocenters. The van der Waals surface area contributed by atoms with Gasteiger partial charge in [0.05, 0.1) is 0 Å². The molecule has 0 N–H and O–H groups in total. The first-order valence-corrected chi connectivity index (χ1v) is 4.90. The summed E-state index contributed by atoms with van der Waals surface area (Å²) >= 11 is 3.25. The summed E-state index contributed by atoms with van der Waals surface area (Å²) < 4.78 is 5.45. The highest BCUT2D eigenvalue weighted by molar-refractivity contribution is 9.09. The van der Waals surface area contributed by atoms with Crippen molar-refractivity contribution in [3.8, 4) is 0 Å². The Morgan fingerprint density at radius 1 is 1.58 bits per heavy atom. The lowest BCUT2D eigenvalue weighted by Gasteiger charge is -2.09. The molecule has 0 aliphatic heterocycles. The van der Waals surface area contributed by atoms with Gasteiger partial charge >= 0.3 is 0 Å². The van der Waals surface area contributed by atoms with Gasteiger partial charge in [-0.1, -0.05) is 40.2 Å². The number of halogens is 1. The van der Waals surface area contributed by atoms with E-state index in [-0.39, 0.29) is 6.10 Å². The Balaban J connectivity index is 2.30. The van der Waals surface area contributed by atoms with Gasteiger partial charge in [0, 0.05) is 0 Å². The first-order chi connectivity index (χ1) is 5.92. The summed E-state index contributed by atoms with van der Waals surface area (Å²) in [6.45, 7) is 0. The van der Waals surface area contributed by atoms with Crippen molar-refractivity contribution in [1.82, 2.24) is 0 Å². The third-order valence-electron chi connectivity index (χ3n) is 1.93. The molecule has 1 aliphatic rings. The molecule has 2 heteroatoms. The molecule has 0 saturated heterocycles. The first kappa shape index (κ1) is 8.02. The van der Waals surface area contributed by atoms with Crippen molar-refractivity contribution in [3.05, 3.63) is 41.5 Å². The fraction of sp³-hybridized carbons (Fsp3) is 0.200. The maximum Gasteiger partial charge on any atom is 0.103 e. The Morgan fingerprint density at radius 3 is 3.33 bits per heavy atom. The van der Waals surface area contributed by atoms with Crippen LogP contribution in [0.15, 0.2) is 24.3 Å². The van der Waals surface area contributed by atoms with Crippen molar-refractivity contribution < 1.29 is 4.74 Å². The van der Waals surface area contributed by atoms with E-state index in [2.05, 4.69) is 34.1 Å². The van der Waals surface area contributed by atoms with Gasteiger partial charge in [-0.05, 0) is 23.3 Å². The van der Waals surface area contributed by atoms with Crippen LogP contribution in [-0.2, 0) is 4.74 Å². The van der Waals surface area contributed by atoms with Gasteiger partial charge in [-0.25, -0.2) is 0 Å². The van der Waals surface area contributed by atoms with Crippen molar-refractivity contribution in [3.63, 3.8) is 0 Å². The van der Waals surface area contributed by atoms with Gasteiger partial charge in [-0.2, -0.15) is 0 Å². The molecule has 1 atom stereocenters. The van der Waals surface area contributed by atoms with Crippen LogP contribution in [0.3, 0.4) is 0 Å². The average molecular weight is 224 g/mol. The van der Waals surface area contributed by atoms with Crippen molar-refractivity contribution in [2.45, 2.75) is 6.10 Å². The molecule has 1 aromatic rings. The molecule has 0 saturated carbocycles. The smallest absolute Gasteiger partial charge is 0.103 e. The lowest BCUT2D eigenvalue weighted by Crippen LogP contribution is -1.97. The van der Waals surface area contributed by atoms with Crippen molar-refractivity contribution >= 4 is 22.0 Å². The minimum absolute atomic E-state index is 0.119. The van der Waals surface area contributed by atoms with Crippen LogP contribution < -0.4 is 0 Å². The number of fused-ring (bicyclic) bond motifs is 1. The third-order valence-corrected chi connectivity index (χ3v) is 2.20. The van der Waals surface area contributed by atoms with E-state index < -0.39 is 0 Å². The molecule has 0 fully saturated rings. The Hall–Kier alpha value is -0.600. The summed E-state index contributed by atoms with van der Waals surface area (Å²) in [4.78, 5) is 0. The molecule has 1 aliphatic carbocycles. The number of hydrogen-bond donors (Lipinski definition) is 0. The summed E-state index contributed by atoms with van der Waals surface area (Å²) in [6.07, 6.45) is 4.24. The molecule has 1 radical (unpaired) electrons. The number of benzene rings is 1. The number of ether oxygens (including phenoxy) is 1. The summed E-state index contributed by atoms with van der Waals surface area (Å²) in [5.41, 5.74) is 3.01. The standard InChI is InChI=1S/C10H8BrO/c11-7-12-10-6-5-8-3-1-2-4-9(8)10/h2-6,10H,7H2. The quantitative estimate of drug-likeness (QED) is 0.701. The van der Waals surface area contributed by atoms with E-state index in [9.17, 15) is 0 Å². The molecule has 1 nitrogen and oxygen atoms in total. The molecule has 12 heavy (non-hydrogen) atoms. The van der Waals surface area contributed by atoms with E-state index in [0.29, 0.717) is 5.52 Å². The second kappa shape index (κ2) is 3.42. The van der Waals surface area contributed by atoms with Crippen LogP contribution in [0.2, 0.25) is 0 Å². The fourth-order valence-corrected chi connectivity index (χ4v) is 1.65. The largest absolute Gasteiger partial charge is 0.358 e. The van der Waals surface area contributed by atoms with Crippen LogP contribution in [0.1, 0.15) is 17.2 Å². The monoisotopic (exact) mass is 223 g/mol. The molecule has 0 bridgehead atoms. The van der Waals surface area contributed by atoms with Crippen LogP contribution in [-0.4, -0.2) is 5.52 Å². The van der Waals surface area contributed by atoms with Crippen LogP contribution in [0.4, 0.5) is 0 Å². The van der Waals surface area contributed by atoms with Crippen LogP contribution in [0.25, 0.3) is 6.08 Å². The fourth-order valence-electron chi connectivity index (χ4n) is 1.37. The second-order valence-electron chi connectivity index (χ2n) is 2.61. The molecular formula is C10H8BrO. The summed E-state index contributed by atoms with van der Waals surface area (Å²) in [7, 11) is 0. The maximum atomic E-state index is 5.45. The molecule has 1 aromatic carbocycles. The van der Waals surface area contributed by atoms with Gasteiger partial charge in [0.25, 0.3) is 0 Å². The number of alkyl halides is 1. The van der Waals surface area contributed by atoms with E-state index in [4.69, 9.17) is 4.74 Å². The van der Waals surface area contributed by atoms with Gasteiger partial charge in [-0.15, -0.1) is 0 Å². The van der Waals surface area contributed by atoms with Crippen LogP contribution in [0, 0.1) is 6.07 Å². The topological polar surface area (TPSA) is 9.23 Å². The second-order valence-corrected chi connectivity index (χ2v) is 3.07. The van der Waals surface area contributed by atoms with E-state index in [1.54, 1.807) is 0 Å². The summed E-state index contributed by atoms with van der Waals surface area (Å²) in [6, 6.07) is 8.97. The van der Waals surface area contributed by atoms with Gasteiger partial charge < -0.3 is 4.74 Å². The molecule has 0 heterocycles. The predicted molar refractivity (Wildman–Crippen MR) is 51.9 cm³/mol. The zero-order valence-corrected chi connectivity index (χ0v) is 8.04. The molecule has 2 rings (SSSR count). The minimum Gasteiger partial charge on any atom is -0.358 e. The lowest BCUT2D eigenvalue weighted by molar-refractivity contribution is 0.134. The predicted octanol–water partition coefficient (Wildman–Crippen LogP) is 2.92. The van der Waals surface area contributed by atoms with Crippen LogP contribution in [0.5, 0.6) is 0 Å². The van der Waals surface area contributed by atoms with Crippen molar-refractivity contribution in [2.24, 2.45) is 0 Å². The number of hydrogen-bond acceptors (Lipinski definition) is 1. The molecular weight excluding hydrogens is 216 g/mol. The van der Waals surface area contributed by atoms with E-state index in [1.165, 1.54) is 11.1 Å². The Labute approximate surface area is 80.2 Å². The third kappa shape index (κ3) is 1.32. The summed E-state index contributed by atoms with van der Waals surface area (Å²) in [5.74, 6) is 0. The average Bonchev–Trinajstić information content (AvgIpc) is 2.50. The lowest BCUT2D eigenvalue weighted by atomic mass is 10.1. The maximum absolute atomic E-state index is 5.45. The summed E-state index contributed by atoms with van der Waals surface area (Å²) in [5, 5.41) is 0. The van der Waals surface area contributed by atoms with E-state index in [0.717, 1.165) is 0 Å². The number of rotatable bonds is 2. The highest BCUT2D eigenvalue weighted by Gasteiger charge is 2.15. The van der Waals surface area contributed by atoms with E-state index >= 15 is 0 Å². The minimum atomic E-state index is 0.119. The molecule has 0 aromatic heterocycles. The van der Waals surface area contributed by atoms with Gasteiger partial charge in [-0.3, -0.25) is 0 Å². The normalized spacial score (nSPS) is 19.6. The van der Waals surface area contributed by atoms with Gasteiger partial charge in [0.15, 0.2) is 0 Å². The Bertz CT molecular complexity index is 306. The highest BCUT2D eigenvalue weighted by Crippen LogP contribution is 2.30. The van der Waals surface area contributed by atoms with Gasteiger partial charge in [0.1, 0.15) is 11.6 Å². The zero-order chi connectivity index (χ0) is 8.39. The SMILES string of the molecule is BrCOC1C=Cc2c[c]ccc21. The Morgan fingerprint density at radius 2 is 2.50 bits per heavy atom. The van der Waals surface area contributed by atoms with E-state index in [1.807, 2.05) is 18.2 Å². The van der Waals surface area contributed by atoms with Crippen molar-refractivity contribution in [1.29, 1.82) is 0 Å². The molecule has 61 valence electrons. The zero-order valence-electron chi connectivity index (χ0n) is 6.46. The molecule has 0 amide bonds. The van der Waals surface area contributed by atoms with Gasteiger partial charge in [0.2, 0.25) is 0 Å². The van der Waals surface area contributed by atoms with Crippen molar-refractivity contribution in [2.75, 3.05) is 5.52 Å². The van der Waals surface area contributed by atoms with Crippen LogP contribution >= 0.6 is 15.9 Å². The highest BCUT2D eigenvalue weighted by atomic mass is 79.9. The molecule has 0 spiro atoms. The Kier molecular flexibility index (Phi) is 2.28.